The molecule has 14 heavy (non-hydrogen) atoms. The van der Waals surface area contributed by atoms with Crippen LogP contribution >= 0.6 is 0 Å². The minimum Gasteiger partial charge on any atom is -0.377 e. The minimum atomic E-state index is 0.239. The van der Waals surface area contributed by atoms with Crippen LogP contribution in [-0.2, 0) is 4.74 Å². The summed E-state index contributed by atoms with van der Waals surface area (Å²) < 4.78 is 5.42. The summed E-state index contributed by atoms with van der Waals surface area (Å²) in [6, 6.07) is 0.239. The number of hydrogen-bond acceptors (Lipinski definition) is 2. The van der Waals surface area contributed by atoms with Gasteiger partial charge in [-0.2, -0.15) is 0 Å². The fourth-order valence-electron chi connectivity index (χ4n) is 0.903. The monoisotopic (exact) mass is 201 g/mol. The molecule has 0 radical (unpaired) electrons. The van der Waals surface area contributed by atoms with Gasteiger partial charge in [-0.05, 0) is 27.7 Å². The number of likely N-dealkylation sites (N-methyl/N-ethyl adjacent to an activating group) is 1. The van der Waals surface area contributed by atoms with Crippen LogP contribution in [0.3, 0.4) is 0 Å². The lowest BCUT2D eigenvalue weighted by Crippen LogP contribution is -2.37. The summed E-state index contributed by atoms with van der Waals surface area (Å²) in [5.41, 5.74) is 5.76. The maximum Gasteiger partial charge on any atom is 0.191 e. The summed E-state index contributed by atoms with van der Waals surface area (Å²) in [5.74, 6) is 0.576. The molecule has 0 fully saturated rings. The molecule has 2 N–H and O–H groups in total. The number of rotatable bonds is 5. The lowest BCUT2D eigenvalue weighted by molar-refractivity contribution is 0.0723. The van der Waals surface area contributed by atoms with E-state index in [4.69, 9.17) is 10.5 Å². The summed E-state index contributed by atoms with van der Waals surface area (Å²) in [4.78, 5) is 6.14. The molecule has 0 aromatic rings. The van der Waals surface area contributed by atoms with Crippen LogP contribution in [0.15, 0.2) is 4.99 Å². The highest BCUT2D eigenvalue weighted by molar-refractivity contribution is 5.77. The molecule has 0 aromatic carbocycles. The Balaban J connectivity index is 3.78. The maximum atomic E-state index is 5.76. The van der Waals surface area contributed by atoms with Gasteiger partial charge >= 0.3 is 0 Å². The van der Waals surface area contributed by atoms with E-state index in [0.29, 0.717) is 12.6 Å². The lowest BCUT2D eigenvalue weighted by Gasteiger charge is -2.19. The Morgan fingerprint density at radius 2 is 1.93 bits per heavy atom. The number of nitrogens with two attached hydrogens (primary N) is 1. The molecule has 0 spiro atoms. The van der Waals surface area contributed by atoms with Crippen LogP contribution in [0.4, 0.5) is 0 Å². The van der Waals surface area contributed by atoms with Crippen molar-refractivity contribution in [3.63, 3.8) is 0 Å². The van der Waals surface area contributed by atoms with Crippen LogP contribution in [0, 0.1) is 0 Å². The zero-order chi connectivity index (χ0) is 11.1. The van der Waals surface area contributed by atoms with Crippen LogP contribution in [0.2, 0.25) is 0 Å². The van der Waals surface area contributed by atoms with E-state index in [9.17, 15) is 0 Å². The van der Waals surface area contributed by atoms with Crippen LogP contribution in [0.25, 0.3) is 0 Å². The van der Waals surface area contributed by atoms with Crippen molar-refractivity contribution in [1.82, 2.24) is 4.90 Å². The third-order valence-corrected chi connectivity index (χ3v) is 1.66. The van der Waals surface area contributed by atoms with Crippen molar-refractivity contribution < 1.29 is 4.74 Å². The van der Waals surface area contributed by atoms with E-state index in [2.05, 4.69) is 4.99 Å². The quantitative estimate of drug-likeness (QED) is 0.534. The topological polar surface area (TPSA) is 50.8 Å². The van der Waals surface area contributed by atoms with Crippen LogP contribution < -0.4 is 5.73 Å². The molecule has 0 saturated heterocycles. The Kier molecular flexibility index (Phi) is 6.28. The summed E-state index contributed by atoms with van der Waals surface area (Å²) >= 11 is 0. The van der Waals surface area contributed by atoms with E-state index in [1.807, 2.05) is 39.6 Å². The Labute approximate surface area is 87.1 Å². The van der Waals surface area contributed by atoms with E-state index in [1.165, 1.54) is 0 Å². The van der Waals surface area contributed by atoms with Gasteiger partial charge in [0.1, 0.15) is 0 Å². The van der Waals surface area contributed by atoms with Gasteiger partial charge in [0.05, 0.1) is 12.7 Å². The molecule has 0 aromatic heterocycles. The molecule has 4 heteroatoms. The molecule has 0 unspecified atom stereocenters. The van der Waals surface area contributed by atoms with Gasteiger partial charge in [0.2, 0.25) is 0 Å². The van der Waals surface area contributed by atoms with Crippen LogP contribution in [0.1, 0.15) is 27.7 Å². The number of nitrogens with zero attached hydrogens (tertiary/aromatic N) is 2. The summed E-state index contributed by atoms with van der Waals surface area (Å²) in [7, 11) is 1.92. The highest BCUT2D eigenvalue weighted by atomic mass is 16.5. The average Bonchev–Trinajstić information content (AvgIpc) is 2.01. The highest BCUT2D eigenvalue weighted by Gasteiger charge is 2.02. The number of guanidine groups is 1. The molecule has 0 saturated carbocycles. The van der Waals surface area contributed by atoms with E-state index in [-0.39, 0.29) is 12.1 Å². The second-order valence-electron chi connectivity index (χ2n) is 3.92. The fraction of sp³-hybridized carbons (Fsp3) is 0.900. The van der Waals surface area contributed by atoms with Gasteiger partial charge in [-0.15, -0.1) is 0 Å². The van der Waals surface area contributed by atoms with Crippen molar-refractivity contribution >= 4 is 5.96 Å². The first kappa shape index (κ1) is 13.2. The SMILES string of the molecule is CC(C)N=C(N)N(C)CCOC(C)C. The molecule has 0 aliphatic heterocycles. The predicted molar refractivity (Wildman–Crippen MR) is 60.5 cm³/mol. The third-order valence-electron chi connectivity index (χ3n) is 1.66. The van der Waals surface area contributed by atoms with Crippen molar-refractivity contribution in [2.45, 2.75) is 39.8 Å². The first-order valence-corrected chi connectivity index (χ1v) is 5.09. The third kappa shape index (κ3) is 6.71. The molecule has 84 valence electrons. The molecule has 0 aliphatic carbocycles. The zero-order valence-corrected chi connectivity index (χ0v) is 9.95. The van der Waals surface area contributed by atoms with E-state index < -0.39 is 0 Å². The van der Waals surface area contributed by atoms with Crippen LogP contribution in [-0.4, -0.2) is 43.2 Å². The van der Waals surface area contributed by atoms with Crippen molar-refractivity contribution in [2.24, 2.45) is 10.7 Å². The minimum absolute atomic E-state index is 0.239. The van der Waals surface area contributed by atoms with Gasteiger partial charge in [-0.1, -0.05) is 0 Å². The average molecular weight is 201 g/mol. The molecular weight excluding hydrogens is 178 g/mol. The number of hydrogen-bond donors (Lipinski definition) is 1. The van der Waals surface area contributed by atoms with Crippen molar-refractivity contribution in [3.05, 3.63) is 0 Å². The zero-order valence-electron chi connectivity index (χ0n) is 9.95. The van der Waals surface area contributed by atoms with Gasteiger partial charge in [0.25, 0.3) is 0 Å². The largest absolute Gasteiger partial charge is 0.377 e. The first-order valence-electron chi connectivity index (χ1n) is 5.09. The van der Waals surface area contributed by atoms with Crippen LogP contribution in [0.5, 0.6) is 0 Å². The molecule has 0 amide bonds. The molecule has 0 atom stereocenters. The second-order valence-corrected chi connectivity index (χ2v) is 3.92. The Morgan fingerprint density at radius 3 is 2.36 bits per heavy atom. The standard InChI is InChI=1S/C10H23N3O/c1-8(2)12-10(11)13(5)6-7-14-9(3)4/h8-9H,6-7H2,1-5H3,(H2,11,12). The predicted octanol–water partition coefficient (Wildman–Crippen LogP) is 1.07. The van der Waals surface area contributed by atoms with Crippen molar-refractivity contribution in [1.29, 1.82) is 0 Å². The molecule has 0 aliphatic rings. The molecule has 4 nitrogen and oxygen atoms in total. The summed E-state index contributed by atoms with van der Waals surface area (Å²) in [5, 5.41) is 0. The molecule has 0 bridgehead atoms. The fourth-order valence-corrected chi connectivity index (χ4v) is 0.903. The van der Waals surface area contributed by atoms with E-state index >= 15 is 0 Å². The van der Waals surface area contributed by atoms with Gasteiger partial charge in [-0.3, -0.25) is 4.99 Å². The Morgan fingerprint density at radius 1 is 1.36 bits per heavy atom. The van der Waals surface area contributed by atoms with Crippen molar-refractivity contribution in [2.75, 3.05) is 20.2 Å². The van der Waals surface area contributed by atoms with Gasteiger partial charge in [-0.25, -0.2) is 0 Å². The smallest absolute Gasteiger partial charge is 0.191 e. The molecule has 0 heterocycles. The molecule has 0 rings (SSSR count). The Bertz CT molecular complexity index is 178. The van der Waals surface area contributed by atoms with Gasteiger partial charge in [0.15, 0.2) is 5.96 Å². The Hall–Kier alpha value is -0.770. The normalized spacial score (nSPS) is 12.6. The second kappa shape index (κ2) is 6.65. The maximum absolute atomic E-state index is 5.76. The van der Waals surface area contributed by atoms with Gasteiger partial charge < -0.3 is 15.4 Å². The van der Waals surface area contributed by atoms with E-state index in [0.717, 1.165) is 6.54 Å². The summed E-state index contributed by atoms with van der Waals surface area (Å²) in [6.07, 6.45) is 0.270. The van der Waals surface area contributed by atoms with Gasteiger partial charge in [0, 0.05) is 19.6 Å². The summed E-state index contributed by atoms with van der Waals surface area (Å²) in [6.45, 7) is 9.51. The van der Waals surface area contributed by atoms with E-state index in [1.54, 1.807) is 0 Å². The van der Waals surface area contributed by atoms with Crippen molar-refractivity contribution in [3.8, 4) is 0 Å². The number of ether oxygens (including phenoxy) is 1. The molecular formula is C10H23N3O. The highest BCUT2D eigenvalue weighted by Crippen LogP contribution is 1.92. The number of aliphatic imine (C=N–C) groups is 1. The first-order chi connectivity index (χ1) is 6.43. The lowest BCUT2D eigenvalue weighted by atomic mass is 10.4.